The highest BCUT2D eigenvalue weighted by Gasteiger charge is 2.11. The van der Waals surface area contributed by atoms with E-state index in [0.29, 0.717) is 6.61 Å². The Balaban J connectivity index is 2.66. The molecule has 1 aromatic heterocycles. The number of rotatable bonds is 3. The zero-order chi connectivity index (χ0) is 11.1. The van der Waals surface area contributed by atoms with Gasteiger partial charge in [0.15, 0.2) is 0 Å². The Hall–Kier alpha value is -2.02. The summed E-state index contributed by atoms with van der Waals surface area (Å²) in [5.74, 6) is 2.46. The van der Waals surface area contributed by atoms with E-state index in [0.717, 1.165) is 5.56 Å². The van der Waals surface area contributed by atoms with Crippen molar-refractivity contribution in [2.45, 2.75) is 13.0 Å². The number of nitrogens with one attached hydrogen (secondary N) is 1. The summed E-state index contributed by atoms with van der Waals surface area (Å²) in [5, 5.41) is 2.55. The molecule has 1 rings (SSSR count). The number of hydrogen-bond acceptors (Lipinski definition) is 3. The van der Waals surface area contributed by atoms with Crippen LogP contribution in [0.2, 0.25) is 0 Å². The summed E-state index contributed by atoms with van der Waals surface area (Å²) < 4.78 is 4.73. The molecule has 4 nitrogen and oxygen atoms in total. The van der Waals surface area contributed by atoms with Gasteiger partial charge in [-0.15, -0.1) is 6.42 Å². The number of alkyl carbamates (subject to hydrolysis) is 1. The highest BCUT2D eigenvalue weighted by atomic mass is 16.5. The second-order valence-electron chi connectivity index (χ2n) is 2.75. The van der Waals surface area contributed by atoms with Gasteiger partial charge < -0.3 is 10.1 Å². The lowest BCUT2D eigenvalue weighted by Crippen LogP contribution is -2.28. The number of hydrogen-bond donors (Lipinski definition) is 1. The van der Waals surface area contributed by atoms with Gasteiger partial charge in [-0.05, 0) is 13.0 Å². The first kappa shape index (κ1) is 11.1. The lowest BCUT2D eigenvalue weighted by molar-refractivity contribution is 0.150. The smallest absolute Gasteiger partial charge is 0.408 e. The van der Waals surface area contributed by atoms with Crippen LogP contribution in [0.3, 0.4) is 0 Å². The van der Waals surface area contributed by atoms with Crippen molar-refractivity contribution in [1.29, 1.82) is 0 Å². The van der Waals surface area contributed by atoms with Crippen molar-refractivity contribution in [3.63, 3.8) is 0 Å². The molecule has 1 amide bonds. The van der Waals surface area contributed by atoms with E-state index in [1.807, 2.05) is 0 Å². The number of pyridine rings is 1. The standard InChI is InChI=1S/C11H12N2O2/c1-3-10(13-11(14)15-4-2)9-6-5-7-12-8-9/h1,5-8,10H,4H2,2H3,(H,13,14). The maximum atomic E-state index is 11.1. The Morgan fingerprint density at radius 3 is 3.13 bits per heavy atom. The van der Waals surface area contributed by atoms with Crippen molar-refractivity contribution >= 4 is 6.09 Å². The highest BCUT2D eigenvalue weighted by molar-refractivity contribution is 5.68. The second-order valence-corrected chi connectivity index (χ2v) is 2.75. The van der Waals surface area contributed by atoms with E-state index >= 15 is 0 Å². The molecule has 1 heterocycles. The summed E-state index contributed by atoms with van der Waals surface area (Å²) in [7, 11) is 0. The minimum absolute atomic E-state index is 0.316. The largest absolute Gasteiger partial charge is 0.450 e. The van der Waals surface area contributed by atoms with Gasteiger partial charge in [0.1, 0.15) is 6.04 Å². The molecule has 0 spiro atoms. The first-order valence-electron chi connectivity index (χ1n) is 4.57. The van der Waals surface area contributed by atoms with Gasteiger partial charge >= 0.3 is 6.09 Å². The van der Waals surface area contributed by atoms with Crippen LogP contribution in [0.1, 0.15) is 18.5 Å². The third kappa shape index (κ3) is 3.31. The van der Waals surface area contributed by atoms with E-state index in [9.17, 15) is 4.79 Å². The molecule has 0 saturated carbocycles. The van der Waals surface area contributed by atoms with E-state index < -0.39 is 12.1 Å². The van der Waals surface area contributed by atoms with Crippen molar-refractivity contribution in [2.24, 2.45) is 0 Å². The maximum absolute atomic E-state index is 11.1. The number of carbonyl (C=O) groups excluding carboxylic acids is 1. The van der Waals surface area contributed by atoms with Gasteiger partial charge in [-0.2, -0.15) is 0 Å². The van der Waals surface area contributed by atoms with Gasteiger partial charge in [-0.3, -0.25) is 4.98 Å². The van der Waals surface area contributed by atoms with Gasteiger partial charge in [0.2, 0.25) is 0 Å². The minimum atomic E-state index is -0.524. The fraction of sp³-hybridized carbons (Fsp3) is 0.273. The van der Waals surface area contributed by atoms with Crippen LogP contribution in [0, 0.1) is 12.3 Å². The Bertz CT molecular complexity index is 357. The van der Waals surface area contributed by atoms with E-state index in [-0.39, 0.29) is 0 Å². The fourth-order valence-electron chi connectivity index (χ4n) is 1.06. The van der Waals surface area contributed by atoms with Crippen LogP contribution in [0.5, 0.6) is 0 Å². The molecule has 0 bridgehead atoms. The predicted octanol–water partition coefficient (Wildman–Crippen LogP) is 1.50. The van der Waals surface area contributed by atoms with Crippen molar-refractivity contribution in [3.8, 4) is 12.3 Å². The average Bonchev–Trinajstić information content (AvgIpc) is 2.27. The minimum Gasteiger partial charge on any atom is -0.450 e. The maximum Gasteiger partial charge on any atom is 0.408 e. The second kappa shape index (κ2) is 5.66. The summed E-state index contributed by atoms with van der Waals surface area (Å²) in [6.07, 6.45) is 8.03. The molecule has 15 heavy (non-hydrogen) atoms. The first-order chi connectivity index (χ1) is 7.27. The van der Waals surface area contributed by atoms with Crippen LogP contribution in [-0.2, 0) is 4.74 Å². The molecule has 1 unspecified atom stereocenters. The average molecular weight is 204 g/mol. The Morgan fingerprint density at radius 2 is 2.60 bits per heavy atom. The van der Waals surface area contributed by atoms with Crippen LogP contribution in [0.15, 0.2) is 24.5 Å². The van der Waals surface area contributed by atoms with E-state index in [1.165, 1.54) is 0 Å². The third-order valence-corrected chi connectivity index (χ3v) is 1.72. The zero-order valence-electron chi connectivity index (χ0n) is 8.43. The summed E-state index contributed by atoms with van der Waals surface area (Å²) >= 11 is 0. The van der Waals surface area contributed by atoms with E-state index in [1.54, 1.807) is 31.5 Å². The molecule has 78 valence electrons. The summed E-state index contributed by atoms with van der Waals surface area (Å²) in [4.78, 5) is 15.1. The van der Waals surface area contributed by atoms with Crippen LogP contribution in [-0.4, -0.2) is 17.7 Å². The molecule has 0 aliphatic carbocycles. The Morgan fingerprint density at radius 1 is 1.80 bits per heavy atom. The summed E-state index contributed by atoms with van der Waals surface area (Å²) in [6.45, 7) is 2.05. The third-order valence-electron chi connectivity index (χ3n) is 1.72. The van der Waals surface area contributed by atoms with Crippen LogP contribution < -0.4 is 5.32 Å². The lowest BCUT2D eigenvalue weighted by Gasteiger charge is -2.12. The fourth-order valence-corrected chi connectivity index (χ4v) is 1.06. The molecule has 0 saturated heterocycles. The summed E-state index contributed by atoms with van der Waals surface area (Å²) in [6, 6.07) is 3.05. The molecule has 0 aliphatic heterocycles. The van der Waals surface area contributed by atoms with E-state index in [4.69, 9.17) is 11.2 Å². The normalized spacial score (nSPS) is 11.2. The van der Waals surface area contributed by atoms with Crippen molar-refractivity contribution in [2.75, 3.05) is 6.61 Å². The van der Waals surface area contributed by atoms with Gasteiger partial charge in [0.05, 0.1) is 6.61 Å². The SMILES string of the molecule is C#CC(NC(=O)OCC)c1cccnc1. The zero-order valence-corrected chi connectivity index (χ0v) is 8.43. The summed E-state index contributed by atoms with van der Waals surface area (Å²) in [5.41, 5.74) is 0.757. The van der Waals surface area contributed by atoms with Gasteiger partial charge in [0, 0.05) is 18.0 Å². The molecule has 0 radical (unpaired) electrons. The lowest BCUT2D eigenvalue weighted by atomic mass is 10.1. The molecule has 4 heteroatoms. The molecule has 0 fully saturated rings. The Kier molecular flexibility index (Phi) is 4.17. The van der Waals surface area contributed by atoms with Crippen LogP contribution in [0.4, 0.5) is 4.79 Å². The number of amides is 1. The topological polar surface area (TPSA) is 51.2 Å². The highest BCUT2D eigenvalue weighted by Crippen LogP contribution is 2.09. The number of nitrogens with zero attached hydrogens (tertiary/aromatic N) is 1. The first-order valence-corrected chi connectivity index (χ1v) is 4.57. The van der Waals surface area contributed by atoms with Crippen molar-refractivity contribution in [3.05, 3.63) is 30.1 Å². The van der Waals surface area contributed by atoms with Crippen molar-refractivity contribution < 1.29 is 9.53 Å². The quantitative estimate of drug-likeness (QED) is 0.759. The van der Waals surface area contributed by atoms with Crippen LogP contribution >= 0.6 is 0 Å². The molecular weight excluding hydrogens is 192 g/mol. The predicted molar refractivity (Wildman–Crippen MR) is 56.0 cm³/mol. The van der Waals surface area contributed by atoms with E-state index in [2.05, 4.69) is 16.2 Å². The molecule has 1 N–H and O–H groups in total. The van der Waals surface area contributed by atoms with Gasteiger partial charge in [-0.1, -0.05) is 12.0 Å². The molecule has 1 atom stereocenters. The molecule has 1 aromatic rings. The van der Waals surface area contributed by atoms with Gasteiger partial charge in [0.25, 0.3) is 0 Å². The monoisotopic (exact) mass is 204 g/mol. The number of ether oxygens (including phenoxy) is 1. The molecular formula is C11H12N2O2. The Labute approximate surface area is 88.7 Å². The van der Waals surface area contributed by atoms with Gasteiger partial charge in [-0.25, -0.2) is 4.79 Å². The molecule has 0 aliphatic rings. The number of carbonyl (C=O) groups is 1. The number of terminal acetylenes is 1. The van der Waals surface area contributed by atoms with Crippen molar-refractivity contribution in [1.82, 2.24) is 10.3 Å². The molecule has 0 aromatic carbocycles. The van der Waals surface area contributed by atoms with Crippen LogP contribution in [0.25, 0.3) is 0 Å². The number of aromatic nitrogens is 1.